The summed E-state index contributed by atoms with van der Waals surface area (Å²) >= 11 is 6.09. The van der Waals surface area contributed by atoms with Crippen LogP contribution in [0.2, 0.25) is 5.02 Å². The Hall–Kier alpha value is -2.58. The van der Waals surface area contributed by atoms with E-state index in [0.29, 0.717) is 17.3 Å². The molecule has 2 aromatic carbocycles. The molecule has 0 heterocycles. The molecule has 174 valence electrons. The van der Waals surface area contributed by atoms with Crippen LogP contribution in [0.25, 0.3) is 0 Å². The third-order valence-corrected chi connectivity index (χ3v) is 6.30. The third-order valence-electron chi connectivity index (χ3n) is 4.93. The molecule has 9 heteroatoms. The van der Waals surface area contributed by atoms with E-state index < -0.39 is 28.5 Å². The molecule has 2 rings (SSSR count). The molecule has 7 nitrogen and oxygen atoms in total. The van der Waals surface area contributed by atoms with Crippen LogP contribution in [0.15, 0.2) is 48.5 Å². The van der Waals surface area contributed by atoms with Gasteiger partial charge in [-0.1, -0.05) is 42.8 Å². The van der Waals surface area contributed by atoms with Gasteiger partial charge in [-0.25, -0.2) is 8.42 Å². The van der Waals surface area contributed by atoms with Crippen molar-refractivity contribution in [1.29, 1.82) is 0 Å². The molecule has 0 aliphatic heterocycles. The Morgan fingerprint density at radius 3 is 2.41 bits per heavy atom. The number of nitrogens with zero attached hydrogens (tertiary/aromatic N) is 2. The van der Waals surface area contributed by atoms with Gasteiger partial charge in [0.1, 0.15) is 12.6 Å². The summed E-state index contributed by atoms with van der Waals surface area (Å²) in [5.74, 6) is -0.792. The van der Waals surface area contributed by atoms with E-state index in [2.05, 4.69) is 5.32 Å². The highest BCUT2D eigenvalue weighted by atomic mass is 35.5. The highest BCUT2D eigenvalue weighted by molar-refractivity contribution is 7.92. The second-order valence-corrected chi connectivity index (χ2v) is 10.1. The molecule has 0 radical (unpaired) electrons. The van der Waals surface area contributed by atoms with Gasteiger partial charge in [0.2, 0.25) is 21.8 Å². The molecular weight excluding hydrogens is 450 g/mol. The summed E-state index contributed by atoms with van der Waals surface area (Å²) in [6.45, 7) is 5.59. The van der Waals surface area contributed by atoms with Gasteiger partial charge < -0.3 is 10.2 Å². The maximum absolute atomic E-state index is 13.4. The molecule has 0 bridgehead atoms. The lowest BCUT2D eigenvalue weighted by molar-refractivity contribution is -0.139. The Morgan fingerprint density at radius 2 is 1.81 bits per heavy atom. The van der Waals surface area contributed by atoms with Crippen LogP contribution in [-0.2, 0) is 26.2 Å². The zero-order valence-corrected chi connectivity index (χ0v) is 20.4. The Balaban J connectivity index is 2.37. The average molecular weight is 480 g/mol. The van der Waals surface area contributed by atoms with Crippen molar-refractivity contribution in [3.63, 3.8) is 0 Å². The van der Waals surface area contributed by atoms with Crippen LogP contribution in [0, 0.1) is 6.92 Å². The van der Waals surface area contributed by atoms with Gasteiger partial charge in [0, 0.05) is 18.1 Å². The van der Waals surface area contributed by atoms with E-state index in [4.69, 9.17) is 11.6 Å². The van der Waals surface area contributed by atoms with Gasteiger partial charge in [-0.3, -0.25) is 13.9 Å². The number of halogens is 1. The fraction of sp³-hybridized carbons (Fsp3) is 0.391. The number of carbonyl (C=O) groups excluding carboxylic acids is 2. The maximum Gasteiger partial charge on any atom is 0.244 e. The summed E-state index contributed by atoms with van der Waals surface area (Å²) in [6, 6.07) is 13.1. The summed E-state index contributed by atoms with van der Waals surface area (Å²) in [7, 11) is -3.74. The number of amides is 2. The second-order valence-electron chi connectivity index (χ2n) is 7.73. The van der Waals surface area contributed by atoms with Crippen molar-refractivity contribution >= 4 is 39.1 Å². The topological polar surface area (TPSA) is 86.8 Å². The summed E-state index contributed by atoms with van der Waals surface area (Å²) in [4.78, 5) is 27.4. The van der Waals surface area contributed by atoms with E-state index >= 15 is 0 Å². The fourth-order valence-electron chi connectivity index (χ4n) is 3.21. The number of carbonyl (C=O) groups is 2. The molecule has 1 atom stereocenters. The van der Waals surface area contributed by atoms with Crippen LogP contribution < -0.4 is 9.62 Å². The average Bonchev–Trinajstić information content (AvgIpc) is 2.72. The molecule has 0 unspecified atom stereocenters. The molecule has 0 saturated carbocycles. The molecule has 0 fully saturated rings. The molecule has 0 spiro atoms. The van der Waals surface area contributed by atoms with Crippen molar-refractivity contribution in [1.82, 2.24) is 10.2 Å². The Kier molecular flexibility index (Phi) is 9.09. The van der Waals surface area contributed by atoms with Gasteiger partial charge in [-0.2, -0.15) is 0 Å². The van der Waals surface area contributed by atoms with Crippen molar-refractivity contribution in [3.8, 4) is 0 Å². The quantitative estimate of drug-likeness (QED) is 0.566. The zero-order valence-electron chi connectivity index (χ0n) is 18.8. The standard InChI is InChI=1S/C23H30ClN3O4S/c1-5-12-25-23(29)18(3)26(15-19-9-7-10-20(24)14-19)22(28)16-27(32(4,30)31)21-11-6-8-17(2)13-21/h6-11,13-14,18H,5,12,15-16H2,1-4H3,(H,25,29)/t18-/m0/s1. The van der Waals surface area contributed by atoms with E-state index in [9.17, 15) is 18.0 Å². The molecule has 0 saturated heterocycles. The number of aryl methyl sites for hydroxylation is 1. The molecule has 0 aliphatic carbocycles. The predicted octanol–water partition coefficient (Wildman–Crippen LogP) is 3.36. The molecule has 0 aromatic heterocycles. The number of sulfonamides is 1. The first kappa shape index (κ1) is 25.7. The number of hydrogen-bond acceptors (Lipinski definition) is 4. The van der Waals surface area contributed by atoms with Gasteiger partial charge in [0.15, 0.2) is 0 Å². The second kappa shape index (κ2) is 11.3. The minimum Gasteiger partial charge on any atom is -0.354 e. The normalized spacial score (nSPS) is 12.2. The van der Waals surface area contributed by atoms with Crippen LogP contribution in [0.4, 0.5) is 5.69 Å². The summed E-state index contributed by atoms with van der Waals surface area (Å²) < 4.78 is 26.1. The van der Waals surface area contributed by atoms with Crippen molar-refractivity contribution < 1.29 is 18.0 Å². The van der Waals surface area contributed by atoms with Crippen LogP contribution >= 0.6 is 11.6 Å². The first-order chi connectivity index (χ1) is 15.0. The number of rotatable bonds is 10. The minimum atomic E-state index is -3.74. The number of anilines is 1. The van der Waals surface area contributed by atoms with E-state index in [1.165, 1.54) is 4.90 Å². The number of nitrogens with one attached hydrogen (secondary N) is 1. The highest BCUT2D eigenvalue weighted by Crippen LogP contribution is 2.20. The van der Waals surface area contributed by atoms with Gasteiger partial charge >= 0.3 is 0 Å². The van der Waals surface area contributed by atoms with Crippen LogP contribution in [0.3, 0.4) is 0 Å². The first-order valence-corrected chi connectivity index (χ1v) is 12.6. The summed E-state index contributed by atoms with van der Waals surface area (Å²) in [5.41, 5.74) is 2.00. The Morgan fingerprint density at radius 1 is 1.12 bits per heavy atom. The van der Waals surface area contributed by atoms with Crippen molar-refractivity contribution in [2.24, 2.45) is 0 Å². The highest BCUT2D eigenvalue weighted by Gasteiger charge is 2.30. The van der Waals surface area contributed by atoms with Gasteiger partial charge in [-0.15, -0.1) is 0 Å². The molecular formula is C23H30ClN3O4S. The molecule has 2 amide bonds. The summed E-state index contributed by atoms with van der Waals surface area (Å²) in [6.07, 6.45) is 1.82. The summed E-state index contributed by atoms with van der Waals surface area (Å²) in [5, 5.41) is 3.31. The molecule has 32 heavy (non-hydrogen) atoms. The van der Waals surface area contributed by atoms with E-state index in [1.54, 1.807) is 49.4 Å². The Labute approximate surface area is 195 Å². The van der Waals surface area contributed by atoms with Crippen LogP contribution in [0.1, 0.15) is 31.4 Å². The SMILES string of the molecule is CCCNC(=O)[C@H](C)N(Cc1cccc(Cl)c1)C(=O)CN(c1cccc(C)c1)S(C)(=O)=O. The number of hydrogen-bond donors (Lipinski definition) is 1. The van der Waals surface area contributed by atoms with E-state index in [0.717, 1.165) is 28.1 Å². The molecule has 0 aliphatic rings. The fourth-order valence-corrected chi connectivity index (χ4v) is 4.26. The minimum absolute atomic E-state index is 0.117. The van der Waals surface area contributed by atoms with Crippen LogP contribution in [-0.4, -0.2) is 50.5 Å². The van der Waals surface area contributed by atoms with Gasteiger partial charge in [0.05, 0.1) is 11.9 Å². The monoisotopic (exact) mass is 479 g/mol. The lowest BCUT2D eigenvalue weighted by Gasteiger charge is -2.31. The maximum atomic E-state index is 13.4. The lowest BCUT2D eigenvalue weighted by atomic mass is 10.1. The molecule has 2 aromatic rings. The largest absolute Gasteiger partial charge is 0.354 e. The van der Waals surface area contributed by atoms with E-state index in [-0.39, 0.29) is 12.5 Å². The first-order valence-electron chi connectivity index (χ1n) is 10.4. The lowest BCUT2D eigenvalue weighted by Crippen LogP contribution is -2.51. The Bertz CT molecular complexity index is 1060. The smallest absolute Gasteiger partial charge is 0.244 e. The zero-order chi connectivity index (χ0) is 23.9. The van der Waals surface area contributed by atoms with Gasteiger partial charge in [-0.05, 0) is 55.7 Å². The predicted molar refractivity (Wildman–Crippen MR) is 128 cm³/mol. The van der Waals surface area contributed by atoms with Gasteiger partial charge in [0.25, 0.3) is 0 Å². The van der Waals surface area contributed by atoms with Crippen molar-refractivity contribution in [2.45, 2.75) is 39.8 Å². The van der Waals surface area contributed by atoms with E-state index in [1.807, 2.05) is 19.9 Å². The molecule has 1 N–H and O–H groups in total. The van der Waals surface area contributed by atoms with Crippen LogP contribution in [0.5, 0.6) is 0 Å². The third kappa shape index (κ3) is 7.24. The van der Waals surface area contributed by atoms with Crippen molar-refractivity contribution in [2.75, 3.05) is 23.7 Å². The number of benzene rings is 2. The van der Waals surface area contributed by atoms with Crippen molar-refractivity contribution in [3.05, 3.63) is 64.7 Å².